The SMILES string of the molecule is C[C@@]1(N)[C@H](CCCCC(=O)ON2C(=O)CCC2=O)SC[C@@H]1N. The van der Waals surface area contributed by atoms with E-state index in [4.69, 9.17) is 16.3 Å². The minimum absolute atomic E-state index is 0.000318. The molecule has 2 heterocycles. The van der Waals surface area contributed by atoms with Crippen LogP contribution in [0.25, 0.3) is 0 Å². The van der Waals surface area contributed by atoms with Gasteiger partial charge in [-0.25, -0.2) is 4.79 Å². The first-order chi connectivity index (χ1) is 10.3. The molecule has 0 spiro atoms. The molecule has 8 heteroatoms. The average molecular weight is 329 g/mol. The van der Waals surface area contributed by atoms with E-state index in [0.29, 0.717) is 16.7 Å². The summed E-state index contributed by atoms with van der Waals surface area (Å²) in [6, 6.07) is -0.000318. The lowest BCUT2D eigenvalue weighted by Gasteiger charge is -2.29. The van der Waals surface area contributed by atoms with E-state index in [9.17, 15) is 14.4 Å². The molecule has 2 fully saturated rings. The molecular formula is C14H23N3O4S. The van der Waals surface area contributed by atoms with E-state index in [1.54, 1.807) is 11.8 Å². The third kappa shape index (κ3) is 3.80. The maximum Gasteiger partial charge on any atom is 0.333 e. The van der Waals surface area contributed by atoms with E-state index in [0.717, 1.165) is 18.6 Å². The van der Waals surface area contributed by atoms with Crippen LogP contribution >= 0.6 is 11.8 Å². The Bertz CT molecular complexity index is 453. The van der Waals surface area contributed by atoms with E-state index in [2.05, 4.69) is 0 Å². The van der Waals surface area contributed by atoms with Gasteiger partial charge in [-0.05, 0) is 19.8 Å². The highest BCUT2D eigenvalue weighted by Gasteiger charge is 2.41. The molecule has 3 atom stereocenters. The van der Waals surface area contributed by atoms with Crippen LogP contribution in [0.15, 0.2) is 0 Å². The van der Waals surface area contributed by atoms with Gasteiger partial charge in [-0.2, -0.15) is 11.8 Å². The summed E-state index contributed by atoms with van der Waals surface area (Å²) in [5, 5.41) is 0.880. The molecule has 124 valence electrons. The number of imide groups is 1. The van der Waals surface area contributed by atoms with Gasteiger partial charge in [0.25, 0.3) is 11.8 Å². The lowest BCUT2D eigenvalue weighted by molar-refractivity contribution is -0.197. The van der Waals surface area contributed by atoms with Crippen LogP contribution in [0.2, 0.25) is 0 Å². The molecular weight excluding hydrogens is 306 g/mol. The van der Waals surface area contributed by atoms with Crippen LogP contribution in [0.3, 0.4) is 0 Å². The Morgan fingerprint density at radius 2 is 2.00 bits per heavy atom. The second kappa shape index (κ2) is 6.97. The van der Waals surface area contributed by atoms with Crippen LogP contribution in [-0.4, -0.2) is 45.4 Å². The monoisotopic (exact) mass is 329 g/mol. The molecule has 0 unspecified atom stereocenters. The van der Waals surface area contributed by atoms with Crippen molar-refractivity contribution >= 4 is 29.5 Å². The number of carbonyl (C=O) groups is 3. The molecule has 2 amide bonds. The Morgan fingerprint density at radius 3 is 2.55 bits per heavy atom. The Labute approximate surface area is 134 Å². The largest absolute Gasteiger partial charge is 0.333 e. The molecule has 0 bridgehead atoms. The maximum atomic E-state index is 11.6. The van der Waals surface area contributed by atoms with E-state index in [1.165, 1.54) is 0 Å². The summed E-state index contributed by atoms with van der Waals surface area (Å²) in [6.45, 7) is 1.97. The van der Waals surface area contributed by atoms with Gasteiger partial charge in [0.1, 0.15) is 0 Å². The second-order valence-electron chi connectivity index (χ2n) is 6.09. The van der Waals surface area contributed by atoms with Crippen LogP contribution in [-0.2, 0) is 19.2 Å². The highest BCUT2D eigenvalue weighted by atomic mass is 32.2. The Balaban J connectivity index is 1.66. The molecule has 2 rings (SSSR count). The van der Waals surface area contributed by atoms with Gasteiger partial charge in [0.15, 0.2) is 0 Å². The van der Waals surface area contributed by atoms with Gasteiger partial charge in [-0.15, -0.1) is 5.06 Å². The lowest BCUT2D eigenvalue weighted by atomic mass is 9.89. The smallest absolute Gasteiger partial charge is 0.330 e. The fourth-order valence-electron chi connectivity index (χ4n) is 2.62. The van der Waals surface area contributed by atoms with Gasteiger partial charge < -0.3 is 16.3 Å². The molecule has 0 aliphatic carbocycles. The zero-order valence-electron chi connectivity index (χ0n) is 12.7. The number of carbonyl (C=O) groups excluding carboxylic acids is 3. The van der Waals surface area contributed by atoms with Crippen molar-refractivity contribution in [2.45, 2.75) is 62.3 Å². The van der Waals surface area contributed by atoms with Gasteiger partial charge in [-0.1, -0.05) is 6.42 Å². The number of rotatable bonds is 6. The molecule has 0 aromatic rings. The molecule has 0 aromatic carbocycles. The van der Waals surface area contributed by atoms with Crippen molar-refractivity contribution < 1.29 is 19.2 Å². The highest BCUT2D eigenvalue weighted by molar-refractivity contribution is 8.00. The minimum Gasteiger partial charge on any atom is -0.330 e. The van der Waals surface area contributed by atoms with E-state index in [-0.39, 0.29) is 30.8 Å². The first-order valence-electron chi connectivity index (χ1n) is 7.55. The number of hydrogen-bond donors (Lipinski definition) is 2. The highest BCUT2D eigenvalue weighted by Crippen LogP contribution is 2.36. The average Bonchev–Trinajstić information content (AvgIpc) is 2.90. The summed E-state index contributed by atoms with van der Waals surface area (Å²) in [7, 11) is 0. The number of nitrogens with zero attached hydrogens (tertiary/aromatic N) is 1. The first kappa shape index (κ1) is 17.2. The van der Waals surface area contributed by atoms with Crippen LogP contribution in [0.5, 0.6) is 0 Å². The van der Waals surface area contributed by atoms with Gasteiger partial charge in [0.2, 0.25) is 0 Å². The van der Waals surface area contributed by atoms with E-state index < -0.39 is 17.8 Å². The second-order valence-corrected chi connectivity index (χ2v) is 7.32. The molecule has 4 N–H and O–H groups in total. The molecule has 2 saturated heterocycles. The van der Waals surface area contributed by atoms with Crippen molar-refractivity contribution in [2.75, 3.05) is 5.75 Å². The standard InChI is InChI=1S/C14H23N3O4S/c1-14(16)9(15)8-22-10(14)4-2-3-5-13(20)21-17-11(18)6-7-12(17)19/h9-10H,2-8,15-16H2,1H3/t9-,10-,14-/m0/s1. The number of amides is 2. The molecule has 2 aliphatic rings. The van der Waals surface area contributed by atoms with E-state index in [1.807, 2.05) is 6.92 Å². The van der Waals surface area contributed by atoms with Crippen molar-refractivity contribution in [1.29, 1.82) is 0 Å². The van der Waals surface area contributed by atoms with Crippen molar-refractivity contribution in [3.8, 4) is 0 Å². The summed E-state index contributed by atoms with van der Waals surface area (Å²) < 4.78 is 0. The van der Waals surface area contributed by atoms with Gasteiger partial charge in [-0.3, -0.25) is 9.59 Å². The zero-order chi connectivity index (χ0) is 16.3. The summed E-state index contributed by atoms with van der Waals surface area (Å²) in [5.41, 5.74) is 11.8. The number of unbranched alkanes of at least 4 members (excludes halogenated alkanes) is 1. The summed E-state index contributed by atoms with van der Waals surface area (Å²) >= 11 is 1.78. The number of hydroxylamine groups is 2. The molecule has 0 radical (unpaired) electrons. The molecule has 22 heavy (non-hydrogen) atoms. The Morgan fingerprint density at radius 1 is 1.36 bits per heavy atom. The van der Waals surface area contributed by atoms with Crippen LogP contribution in [0.1, 0.15) is 45.4 Å². The van der Waals surface area contributed by atoms with Crippen molar-refractivity contribution in [1.82, 2.24) is 5.06 Å². The summed E-state index contributed by atoms with van der Waals surface area (Å²) in [5.74, 6) is -0.587. The van der Waals surface area contributed by atoms with Gasteiger partial charge in [0, 0.05) is 41.8 Å². The number of nitrogens with two attached hydrogens (primary N) is 2. The molecule has 0 aromatic heterocycles. The quantitative estimate of drug-likeness (QED) is 0.532. The van der Waals surface area contributed by atoms with Gasteiger partial charge in [0.05, 0.1) is 0 Å². The molecule has 0 saturated carbocycles. The number of thioether (sulfide) groups is 1. The van der Waals surface area contributed by atoms with Crippen molar-refractivity contribution in [3.05, 3.63) is 0 Å². The summed E-state index contributed by atoms with van der Waals surface area (Å²) in [6.07, 6.45) is 2.76. The van der Waals surface area contributed by atoms with Crippen molar-refractivity contribution in [3.63, 3.8) is 0 Å². The Kier molecular flexibility index (Phi) is 5.46. The third-order valence-corrected chi connectivity index (χ3v) is 5.96. The van der Waals surface area contributed by atoms with Crippen molar-refractivity contribution in [2.24, 2.45) is 11.5 Å². The predicted octanol–water partition coefficient (Wildman–Crippen LogP) is 0.314. The zero-order valence-corrected chi connectivity index (χ0v) is 13.6. The third-order valence-electron chi connectivity index (χ3n) is 4.27. The molecule has 2 aliphatic heterocycles. The van der Waals surface area contributed by atoms with E-state index >= 15 is 0 Å². The predicted molar refractivity (Wildman–Crippen MR) is 82.5 cm³/mol. The first-order valence-corrected chi connectivity index (χ1v) is 8.60. The lowest BCUT2D eigenvalue weighted by Crippen LogP contribution is -2.55. The normalized spacial score (nSPS) is 31.9. The fourth-order valence-corrected chi connectivity index (χ4v) is 4.28. The minimum atomic E-state index is -0.546. The topological polar surface area (TPSA) is 116 Å². The fraction of sp³-hybridized carbons (Fsp3) is 0.786. The van der Waals surface area contributed by atoms with Crippen LogP contribution in [0.4, 0.5) is 0 Å². The van der Waals surface area contributed by atoms with Crippen LogP contribution in [0, 0.1) is 0 Å². The molecule has 7 nitrogen and oxygen atoms in total. The number of hydrogen-bond acceptors (Lipinski definition) is 7. The van der Waals surface area contributed by atoms with Gasteiger partial charge >= 0.3 is 5.97 Å². The van der Waals surface area contributed by atoms with Crippen LogP contribution < -0.4 is 11.5 Å². The maximum absolute atomic E-state index is 11.6. The summed E-state index contributed by atoms with van der Waals surface area (Å²) in [4.78, 5) is 39.1. The Hall–Kier alpha value is -1.12.